The molecule has 0 spiro atoms. The van der Waals surface area contributed by atoms with Crippen molar-refractivity contribution in [2.75, 3.05) is 0 Å². The minimum Gasteiger partial charge on any atom is -0.448 e. The molecular formula is C13H26O5Si. The second-order valence-electron chi connectivity index (χ2n) is 5.17. The molecule has 5 nitrogen and oxygen atoms in total. The average Bonchev–Trinajstić information content (AvgIpc) is 2.12. The van der Waals surface area contributed by atoms with Crippen LogP contribution in [0.25, 0.3) is 0 Å². The van der Waals surface area contributed by atoms with Crippen LogP contribution in [0.5, 0.6) is 0 Å². The highest BCUT2D eigenvalue weighted by atomic mass is 28.4. The summed E-state index contributed by atoms with van der Waals surface area (Å²) in [7, 11) is -3.52. The summed E-state index contributed by atoms with van der Waals surface area (Å²) >= 11 is 0. The first-order valence-corrected chi connectivity index (χ1v) is 8.13. The Kier molecular flexibility index (Phi) is 7.51. The van der Waals surface area contributed by atoms with Crippen molar-refractivity contribution in [1.82, 2.24) is 0 Å². The molecule has 19 heavy (non-hydrogen) atoms. The van der Waals surface area contributed by atoms with Gasteiger partial charge in [0, 0.05) is 23.9 Å². The van der Waals surface area contributed by atoms with Crippen LogP contribution in [-0.4, -0.2) is 33.3 Å². The number of hydrogen-bond acceptors (Lipinski definition) is 5. The van der Waals surface area contributed by atoms with Gasteiger partial charge in [-0.15, -0.1) is 0 Å². The third kappa shape index (κ3) is 7.46. The smallest absolute Gasteiger partial charge is 0.448 e. The third-order valence-corrected chi connectivity index (χ3v) is 4.42. The molecular weight excluding hydrogens is 264 g/mol. The Bertz CT molecular complexity index is 286. The first-order valence-electron chi connectivity index (χ1n) is 6.50. The summed E-state index contributed by atoms with van der Waals surface area (Å²) in [5, 5.41) is 0. The standard InChI is InChI=1S/C13H26O5Si/c1-9(2)13(14)18-19(15-10(3)4,16-11(5)6)17-12(7)8/h10-12H,1H2,2-8H3. The molecule has 112 valence electrons. The molecule has 0 N–H and O–H groups in total. The molecule has 0 atom stereocenters. The van der Waals surface area contributed by atoms with E-state index in [-0.39, 0.29) is 23.9 Å². The van der Waals surface area contributed by atoms with Crippen LogP contribution < -0.4 is 0 Å². The van der Waals surface area contributed by atoms with Gasteiger partial charge in [-0.3, -0.25) is 0 Å². The first kappa shape index (κ1) is 18.3. The van der Waals surface area contributed by atoms with Gasteiger partial charge in [0.15, 0.2) is 0 Å². The van der Waals surface area contributed by atoms with Crippen molar-refractivity contribution in [3.63, 3.8) is 0 Å². The number of rotatable bonds is 8. The molecule has 0 heterocycles. The highest BCUT2D eigenvalue weighted by Gasteiger charge is 2.52. The van der Waals surface area contributed by atoms with E-state index in [0.717, 1.165) is 0 Å². The van der Waals surface area contributed by atoms with Crippen LogP contribution in [0, 0.1) is 0 Å². The average molecular weight is 290 g/mol. The van der Waals surface area contributed by atoms with Crippen LogP contribution in [0.2, 0.25) is 0 Å². The van der Waals surface area contributed by atoms with Gasteiger partial charge < -0.3 is 17.7 Å². The Balaban J connectivity index is 5.20. The van der Waals surface area contributed by atoms with Crippen LogP contribution in [0.15, 0.2) is 12.2 Å². The summed E-state index contributed by atoms with van der Waals surface area (Å²) in [6, 6.07) is 0. The lowest BCUT2D eigenvalue weighted by Gasteiger charge is -2.31. The van der Waals surface area contributed by atoms with Crippen LogP contribution in [0.3, 0.4) is 0 Å². The molecule has 0 aromatic heterocycles. The van der Waals surface area contributed by atoms with Crippen LogP contribution in [-0.2, 0) is 22.5 Å². The van der Waals surface area contributed by atoms with Gasteiger partial charge >= 0.3 is 15.0 Å². The van der Waals surface area contributed by atoms with Gasteiger partial charge in [-0.25, -0.2) is 4.79 Å². The maximum Gasteiger partial charge on any atom is 0.752 e. The zero-order valence-electron chi connectivity index (χ0n) is 13.0. The molecule has 0 aliphatic heterocycles. The van der Waals surface area contributed by atoms with Crippen molar-refractivity contribution in [2.24, 2.45) is 0 Å². The van der Waals surface area contributed by atoms with E-state index in [0.29, 0.717) is 0 Å². The minimum atomic E-state index is -3.52. The maximum absolute atomic E-state index is 11.8. The Labute approximate surface area is 117 Å². The van der Waals surface area contributed by atoms with Gasteiger partial charge in [0.1, 0.15) is 0 Å². The lowest BCUT2D eigenvalue weighted by molar-refractivity contribution is -0.144. The van der Waals surface area contributed by atoms with Crippen LogP contribution in [0.4, 0.5) is 0 Å². The topological polar surface area (TPSA) is 54.0 Å². The van der Waals surface area contributed by atoms with E-state index in [4.69, 9.17) is 17.7 Å². The van der Waals surface area contributed by atoms with E-state index in [1.165, 1.54) is 0 Å². The van der Waals surface area contributed by atoms with E-state index in [1.807, 2.05) is 41.5 Å². The monoisotopic (exact) mass is 290 g/mol. The predicted octanol–water partition coefficient (Wildman–Crippen LogP) is 2.82. The molecule has 0 radical (unpaired) electrons. The third-order valence-electron chi connectivity index (χ3n) is 1.71. The largest absolute Gasteiger partial charge is 0.752 e. The summed E-state index contributed by atoms with van der Waals surface area (Å²) in [5.41, 5.74) is 0.281. The first-order chi connectivity index (χ1) is 8.58. The van der Waals surface area contributed by atoms with E-state index >= 15 is 0 Å². The molecule has 0 aliphatic rings. The van der Waals surface area contributed by atoms with Crippen molar-refractivity contribution in [3.05, 3.63) is 12.2 Å². The van der Waals surface area contributed by atoms with Gasteiger partial charge in [-0.1, -0.05) is 6.58 Å². The summed E-state index contributed by atoms with van der Waals surface area (Å²) in [5.74, 6) is -0.561. The second kappa shape index (κ2) is 7.79. The normalized spacial score (nSPS) is 12.3. The molecule has 0 bridgehead atoms. The SMILES string of the molecule is C=C(C)C(=O)O[Si](OC(C)C)(OC(C)C)OC(C)C. The molecule has 0 fully saturated rings. The summed E-state index contributed by atoms with van der Waals surface area (Å²) in [6.07, 6.45) is -0.536. The number of carbonyl (C=O) groups is 1. The van der Waals surface area contributed by atoms with Crippen molar-refractivity contribution < 1.29 is 22.5 Å². The van der Waals surface area contributed by atoms with Crippen molar-refractivity contribution in [1.29, 1.82) is 0 Å². The molecule has 0 saturated carbocycles. The van der Waals surface area contributed by atoms with Gasteiger partial charge in [-0.2, -0.15) is 0 Å². The molecule has 0 unspecified atom stereocenters. The summed E-state index contributed by atoms with van der Waals surface area (Å²) in [6.45, 7) is 16.2. The molecule has 6 heteroatoms. The summed E-state index contributed by atoms with van der Waals surface area (Å²) < 4.78 is 22.4. The van der Waals surface area contributed by atoms with Gasteiger partial charge in [0.25, 0.3) is 0 Å². The lowest BCUT2D eigenvalue weighted by atomic mass is 10.4. The highest BCUT2D eigenvalue weighted by molar-refractivity contribution is 6.56. The van der Waals surface area contributed by atoms with Crippen LogP contribution >= 0.6 is 0 Å². The number of hydrogen-bond donors (Lipinski definition) is 0. The Hall–Kier alpha value is -0.693. The quantitative estimate of drug-likeness (QED) is 0.508. The fraction of sp³-hybridized carbons (Fsp3) is 0.769. The number of carbonyl (C=O) groups excluding carboxylic acids is 1. The van der Waals surface area contributed by atoms with E-state index in [2.05, 4.69) is 6.58 Å². The molecule has 0 amide bonds. The molecule has 0 aromatic rings. The lowest BCUT2D eigenvalue weighted by Crippen LogP contribution is -2.54. The molecule has 0 rings (SSSR count). The zero-order chi connectivity index (χ0) is 15.2. The molecule has 0 saturated heterocycles. The van der Waals surface area contributed by atoms with Gasteiger partial charge in [0.2, 0.25) is 0 Å². The maximum atomic E-state index is 11.8. The molecule has 0 aromatic carbocycles. The zero-order valence-corrected chi connectivity index (χ0v) is 14.0. The fourth-order valence-corrected chi connectivity index (χ4v) is 3.67. The van der Waals surface area contributed by atoms with Crippen molar-refractivity contribution in [3.8, 4) is 0 Å². The van der Waals surface area contributed by atoms with Gasteiger partial charge in [0.05, 0.1) is 0 Å². The Morgan fingerprint density at radius 3 is 1.42 bits per heavy atom. The Morgan fingerprint density at radius 1 is 0.895 bits per heavy atom. The van der Waals surface area contributed by atoms with Crippen LogP contribution in [0.1, 0.15) is 48.5 Å². The predicted molar refractivity (Wildman–Crippen MR) is 75.3 cm³/mol. The highest BCUT2D eigenvalue weighted by Crippen LogP contribution is 2.20. The fourth-order valence-electron chi connectivity index (χ4n) is 1.22. The van der Waals surface area contributed by atoms with Crippen molar-refractivity contribution >= 4 is 15.0 Å². The van der Waals surface area contributed by atoms with E-state index in [1.54, 1.807) is 6.92 Å². The minimum absolute atomic E-state index is 0.179. The second-order valence-corrected chi connectivity index (χ2v) is 7.08. The Morgan fingerprint density at radius 2 is 1.21 bits per heavy atom. The van der Waals surface area contributed by atoms with Gasteiger partial charge in [-0.05, 0) is 48.5 Å². The molecule has 0 aliphatic carbocycles. The summed E-state index contributed by atoms with van der Waals surface area (Å²) in [4.78, 5) is 11.8. The van der Waals surface area contributed by atoms with Crippen molar-refractivity contribution in [2.45, 2.75) is 66.8 Å². The van der Waals surface area contributed by atoms with E-state index in [9.17, 15) is 4.79 Å². The van der Waals surface area contributed by atoms with E-state index < -0.39 is 15.0 Å².